The van der Waals surface area contributed by atoms with Gasteiger partial charge in [-0.25, -0.2) is 9.59 Å². The van der Waals surface area contributed by atoms with Crippen LogP contribution in [0.15, 0.2) is 0 Å². The summed E-state index contributed by atoms with van der Waals surface area (Å²) in [6.07, 6.45) is 3.20. The molecule has 1 aliphatic heterocycles. The molecule has 0 spiro atoms. The van der Waals surface area contributed by atoms with Crippen LogP contribution < -0.4 is 5.32 Å². The van der Waals surface area contributed by atoms with Crippen molar-refractivity contribution in [2.75, 3.05) is 38.8 Å². The molecule has 0 saturated carbocycles. The molecule has 0 aromatic rings. The molecule has 0 aliphatic carbocycles. The standard InChI is InChI=1S/C13H24N2O5S/c1-15(9-13(19)4-6-20-7-5-13)12(18)14-10(11(16)17)3-8-21-2/h10,19H,3-9H2,1-2H3,(H,14,18)(H,16,17). The summed E-state index contributed by atoms with van der Waals surface area (Å²) in [5, 5.41) is 21.9. The number of carboxylic acids is 1. The summed E-state index contributed by atoms with van der Waals surface area (Å²) in [5.74, 6) is -0.391. The molecule has 2 amide bonds. The number of carbonyl (C=O) groups is 2. The normalized spacial score (nSPS) is 18.8. The van der Waals surface area contributed by atoms with Crippen molar-refractivity contribution in [2.45, 2.75) is 30.9 Å². The molecule has 0 radical (unpaired) electrons. The van der Waals surface area contributed by atoms with Gasteiger partial charge in [-0.15, -0.1) is 0 Å². The Hall–Kier alpha value is -0.990. The first-order chi connectivity index (χ1) is 9.88. The van der Waals surface area contributed by atoms with Gasteiger partial charge in [-0.2, -0.15) is 11.8 Å². The van der Waals surface area contributed by atoms with Gasteiger partial charge in [-0.3, -0.25) is 0 Å². The van der Waals surface area contributed by atoms with Gasteiger partial charge in [-0.05, 0) is 18.4 Å². The van der Waals surface area contributed by atoms with E-state index in [0.29, 0.717) is 38.2 Å². The van der Waals surface area contributed by atoms with Crippen LogP contribution in [0.3, 0.4) is 0 Å². The van der Waals surface area contributed by atoms with Gasteiger partial charge < -0.3 is 25.2 Å². The Balaban J connectivity index is 2.50. The number of hydrogen-bond donors (Lipinski definition) is 3. The van der Waals surface area contributed by atoms with Gasteiger partial charge in [0.2, 0.25) is 0 Å². The molecule has 1 unspecified atom stereocenters. The van der Waals surface area contributed by atoms with Crippen LogP contribution in [0.4, 0.5) is 4.79 Å². The number of amides is 2. The lowest BCUT2D eigenvalue weighted by molar-refractivity contribution is -0.139. The van der Waals surface area contributed by atoms with Gasteiger partial charge in [0.1, 0.15) is 6.04 Å². The van der Waals surface area contributed by atoms with E-state index in [4.69, 9.17) is 9.84 Å². The first kappa shape index (κ1) is 18.1. The number of nitrogens with zero attached hydrogens (tertiary/aromatic N) is 1. The Morgan fingerprint density at radius 1 is 1.43 bits per heavy atom. The highest BCUT2D eigenvalue weighted by atomic mass is 32.2. The van der Waals surface area contributed by atoms with Gasteiger partial charge >= 0.3 is 12.0 Å². The molecule has 1 fully saturated rings. The minimum absolute atomic E-state index is 0.164. The Morgan fingerprint density at radius 3 is 2.57 bits per heavy atom. The van der Waals surface area contributed by atoms with Crippen molar-refractivity contribution >= 4 is 23.8 Å². The molecule has 1 rings (SSSR count). The SMILES string of the molecule is CSCCC(NC(=O)N(C)CC1(O)CCOCC1)C(=O)O. The summed E-state index contributed by atoms with van der Waals surface area (Å²) in [4.78, 5) is 24.5. The summed E-state index contributed by atoms with van der Waals surface area (Å²) in [6.45, 7) is 1.10. The van der Waals surface area contributed by atoms with E-state index in [9.17, 15) is 14.7 Å². The zero-order chi connectivity index (χ0) is 15.9. The Kier molecular flexibility index (Phi) is 7.27. The highest BCUT2D eigenvalue weighted by Gasteiger charge is 2.33. The maximum atomic E-state index is 12.0. The van der Waals surface area contributed by atoms with Crippen LogP contribution in [-0.2, 0) is 9.53 Å². The fourth-order valence-corrected chi connectivity index (χ4v) is 2.65. The highest BCUT2D eigenvalue weighted by molar-refractivity contribution is 7.98. The molecule has 0 bridgehead atoms. The molecule has 0 aromatic heterocycles. The van der Waals surface area contributed by atoms with Crippen LogP contribution in [0, 0.1) is 0 Å². The second-order valence-electron chi connectivity index (χ2n) is 5.31. The number of aliphatic carboxylic acids is 1. The lowest BCUT2D eigenvalue weighted by Gasteiger charge is -2.35. The number of ether oxygens (including phenoxy) is 1. The zero-order valence-electron chi connectivity index (χ0n) is 12.5. The van der Waals surface area contributed by atoms with Crippen LogP contribution in [0.1, 0.15) is 19.3 Å². The Labute approximate surface area is 129 Å². The number of urea groups is 1. The van der Waals surface area contributed by atoms with E-state index in [1.165, 1.54) is 16.7 Å². The number of rotatable bonds is 7. The third-order valence-electron chi connectivity index (χ3n) is 3.51. The predicted molar refractivity (Wildman–Crippen MR) is 80.6 cm³/mol. The zero-order valence-corrected chi connectivity index (χ0v) is 13.3. The molecular weight excluding hydrogens is 296 g/mol. The first-order valence-electron chi connectivity index (χ1n) is 6.91. The van der Waals surface area contributed by atoms with Gasteiger partial charge in [0.25, 0.3) is 0 Å². The minimum atomic E-state index is -1.05. The number of thioether (sulfide) groups is 1. The molecule has 1 atom stereocenters. The van der Waals surface area contributed by atoms with Crippen LogP contribution in [0.2, 0.25) is 0 Å². The number of carbonyl (C=O) groups excluding carboxylic acids is 1. The van der Waals surface area contributed by atoms with Crippen LogP contribution in [0.25, 0.3) is 0 Å². The average molecular weight is 320 g/mol. The van der Waals surface area contributed by atoms with Gasteiger partial charge in [0.15, 0.2) is 0 Å². The van der Waals surface area contributed by atoms with E-state index >= 15 is 0 Å². The third-order valence-corrected chi connectivity index (χ3v) is 4.15. The number of aliphatic hydroxyl groups is 1. The lowest BCUT2D eigenvalue weighted by atomic mass is 9.94. The summed E-state index contributed by atoms with van der Waals surface area (Å²) in [6, 6.07) is -1.39. The molecule has 0 aromatic carbocycles. The molecule has 1 aliphatic rings. The minimum Gasteiger partial charge on any atom is -0.480 e. The van der Waals surface area contributed by atoms with Gasteiger partial charge in [0, 0.05) is 33.1 Å². The average Bonchev–Trinajstić information content (AvgIpc) is 2.43. The number of nitrogens with one attached hydrogen (secondary N) is 1. The predicted octanol–water partition coefficient (Wildman–Crippen LogP) is 0.376. The summed E-state index contributed by atoms with van der Waals surface area (Å²) in [7, 11) is 1.55. The molecule has 8 heteroatoms. The van der Waals surface area contributed by atoms with Crippen LogP contribution in [-0.4, -0.2) is 77.6 Å². The van der Waals surface area contributed by atoms with Crippen molar-refractivity contribution in [3.63, 3.8) is 0 Å². The maximum absolute atomic E-state index is 12.0. The fourth-order valence-electron chi connectivity index (χ4n) is 2.18. The summed E-state index contributed by atoms with van der Waals surface area (Å²) in [5.41, 5.74) is -0.956. The van der Waals surface area contributed by atoms with Gasteiger partial charge in [-0.1, -0.05) is 0 Å². The largest absolute Gasteiger partial charge is 0.480 e. The molecular formula is C13H24N2O5S. The quantitative estimate of drug-likeness (QED) is 0.627. The Bertz CT molecular complexity index is 360. The van der Waals surface area contributed by atoms with Crippen molar-refractivity contribution in [3.8, 4) is 0 Å². The number of hydrogen-bond acceptors (Lipinski definition) is 5. The molecule has 1 heterocycles. The number of likely N-dealkylation sites (N-methyl/N-ethyl adjacent to an activating group) is 1. The van der Waals surface area contributed by atoms with E-state index in [-0.39, 0.29) is 6.54 Å². The van der Waals surface area contributed by atoms with E-state index in [0.717, 1.165) is 0 Å². The van der Waals surface area contributed by atoms with Crippen molar-refractivity contribution in [3.05, 3.63) is 0 Å². The molecule has 1 saturated heterocycles. The van der Waals surface area contributed by atoms with Crippen LogP contribution >= 0.6 is 11.8 Å². The second-order valence-corrected chi connectivity index (χ2v) is 6.30. The molecule has 122 valence electrons. The van der Waals surface area contributed by atoms with Crippen molar-refractivity contribution in [2.24, 2.45) is 0 Å². The highest BCUT2D eigenvalue weighted by Crippen LogP contribution is 2.21. The monoisotopic (exact) mass is 320 g/mol. The Morgan fingerprint density at radius 2 is 2.05 bits per heavy atom. The summed E-state index contributed by atoms with van der Waals surface area (Å²) >= 11 is 1.53. The van der Waals surface area contributed by atoms with E-state index < -0.39 is 23.6 Å². The van der Waals surface area contributed by atoms with Gasteiger partial charge in [0.05, 0.1) is 12.1 Å². The van der Waals surface area contributed by atoms with Crippen molar-refractivity contribution in [1.29, 1.82) is 0 Å². The smallest absolute Gasteiger partial charge is 0.326 e. The molecule has 21 heavy (non-hydrogen) atoms. The van der Waals surface area contributed by atoms with Crippen molar-refractivity contribution in [1.82, 2.24) is 10.2 Å². The summed E-state index contributed by atoms with van der Waals surface area (Å²) < 4.78 is 5.19. The molecule has 3 N–H and O–H groups in total. The van der Waals surface area contributed by atoms with Crippen molar-refractivity contribution < 1.29 is 24.5 Å². The fraction of sp³-hybridized carbons (Fsp3) is 0.846. The number of carboxylic acid groups (broad SMARTS) is 1. The lowest BCUT2D eigenvalue weighted by Crippen LogP contribution is -2.52. The van der Waals surface area contributed by atoms with Crippen LogP contribution in [0.5, 0.6) is 0 Å². The second kappa shape index (κ2) is 8.45. The maximum Gasteiger partial charge on any atom is 0.326 e. The van der Waals surface area contributed by atoms with E-state index in [1.54, 1.807) is 7.05 Å². The molecule has 7 nitrogen and oxygen atoms in total. The topological polar surface area (TPSA) is 99.1 Å². The van der Waals surface area contributed by atoms with E-state index in [2.05, 4.69) is 5.32 Å². The third kappa shape index (κ3) is 6.11. The first-order valence-corrected chi connectivity index (χ1v) is 8.31. The van der Waals surface area contributed by atoms with E-state index in [1.807, 2.05) is 6.26 Å².